The van der Waals surface area contributed by atoms with E-state index in [-0.39, 0.29) is 17.9 Å². The summed E-state index contributed by atoms with van der Waals surface area (Å²) in [6.45, 7) is 5.62. The molecule has 1 aromatic heterocycles. The van der Waals surface area contributed by atoms with Gasteiger partial charge in [-0.25, -0.2) is 0 Å². The van der Waals surface area contributed by atoms with Crippen LogP contribution < -0.4 is 10.6 Å². The normalized spacial score (nSPS) is 20.9. The standard InChI is InChI=1S/C14H22N4O3/c1-9-15-13(21-18-9)6-4-5-11(19)16-10-7-8-12(20)17-14(10,2)3/h10H,4-8H2,1-3H3,(H,16,19)(H,17,20). The maximum atomic E-state index is 12.0. The van der Waals surface area contributed by atoms with E-state index in [1.807, 2.05) is 13.8 Å². The number of carbonyl (C=O) groups is 2. The predicted octanol–water partition coefficient (Wildman–Crippen LogP) is 0.874. The molecule has 0 radical (unpaired) electrons. The molecular weight excluding hydrogens is 272 g/mol. The van der Waals surface area contributed by atoms with E-state index < -0.39 is 5.54 Å². The first-order valence-electron chi connectivity index (χ1n) is 7.26. The quantitative estimate of drug-likeness (QED) is 0.840. The van der Waals surface area contributed by atoms with Crippen molar-refractivity contribution in [1.82, 2.24) is 20.8 Å². The fourth-order valence-corrected chi connectivity index (χ4v) is 2.51. The minimum Gasteiger partial charge on any atom is -0.351 e. The highest BCUT2D eigenvalue weighted by atomic mass is 16.5. The van der Waals surface area contributed by atoms with Gasteiger partial charge >= 0.3 is 0 Å². The molecule has 0 bridgehead atoms. The lowest BCUT2D eigenvalue weighted by Crippen LogP contribution is -2.62. The zero-order valence-corrected chi connectivity index (χ0v) is 12.7. The van der Waals surface area contributed by atoms with Crippen LogP contribution in [-0.2, 0) is 16.0 Å². The molecule has 1 saturated heterocycles. The second-order valence-corrected chi connectivity index (χ2v) is 6.02. The zero-order chi connectivity index (χ0) is 15.5. The molecule has 1 aliphatic rings. The summed E-state index contributed by atoms with van der Waals surface area (Å²) in [6, 6.07) is -0.0339. The van der Waals surface area contributed by atoms with E-state index in [0.717, 1.165) is 0 Å². The van der Waals surface area contributed by atoms with Crippen molar-refractivity contribution in [3.8, 4) is 0 Å². The summed E-state index contributed by atoms with van der Waals surface area (Å²) >= 11 is 0. The van der Waals surface area contributed by atoms with Crippen LogP contribution in [0.4, 0.5) is 0 Å². The molecule has 2 heterocycles. The van der Waals surface area contributed by atoms with Gasteiger partial charge in [0.25, 0.3) is 0 Å². The number of piperidine rings is 1. The topological polar surface area (TPSA) is 97.1 Å². The molecular formula is C14H22N4O3. The molecule has 1 fully saturated rings. The molecule has 7 nitrogen and oxygen atoms in total. The van der Waals surface area contributed by atoms with Crippen LogP contribution in [0.25, 0.3) is 0 Å². The van der Waals surface area contributed by atoms with Gasteiger partial charge in [0.2, 0.25) is 17.7 Å². The molecule has 0 aromatic carbocycles. The second-order valence-electron chi connectivity index (χ2n) is 6.02. The summed E-state index contributed by atoms with van der Waals surface area (Å²) in [5.74, 6) is 1.19. The van der Waals surface area contributed by atoms with Crippen LogP contribution in [-0.4, -0.2) is 33.5 Å². The number of hydrogen-bond donors (Lipinski definition) is 2. The Kier molecular flexibility index (Phi) is 4.59. The van der Waals surface area contributed by atoms with E-state index in [0.29, 0.717) is 43.8 Å². The zero-order valence-electron chi connectivity index (χ0n) is 12.7. The van der Waals surface area contributed by atoms with Gasteiger partial charge < -0.3 is 15.2 Å². The van der Waals surface area contributed by atoms with E-state index in [1.165, 1.54) is 0 Å². The number of carbonyl (C=O) groups excluding carboxylic acids is 2. The number of amides is 2. The highest BCUT2D eigenvalue weighted by molar-refractivity contribution is 5.80. The van der Waals surface area contributed by atoms with Gasteiger partial charge in [-0.2, -0.15) is 4.98 Å². The van der Waals surface area contributed by atoms with Crippen molar-refractivity contribution in [2.75, 3.05) is 0 Å². The molecule has 1 atom stereocenters. The van der Waals surface area contributed by atoms with Crippen LogP contribution in [0.2, 0.25) is 0 Å². The number of nitrogens with one attached hydrogen (secondary N) is 2. The third-order valence-electron chi connectivity index (χ3n) is 3.69. The first-order valence-corrected chi connectivity index (χ1v) is 7.26. The van der Waals surface area contributed by atoms with Crippen molar-refractivity contribution in [2.45, 2.75) is 64.5 Å². The average molecular weight is 294 g/mol. The van der Waals surface area contributed by atoms with E-state index in [4.69, 9.17) is 4.52 Å². The summed E-state index contributed by atoms with van der Waals surface area (Å²) < 4.78 is 5.00. The second kappa shape index (κ2) is 6.24. The Bertz CT molecular complexity index is 524. The van der Waals surface area contributed by atoms with Gasteiger partial charge in [0.05, 0.1) is 11.6 Å². The summed E-state index contributed by atoms with van der Waals surface area (Å²) in [6.07, 6.45) is 2.79. The Labute approximate surface area is 123 Å². The summed E-state index contributed by atoms with van der Waals surface area (Å²) in [4.78, 5) is 27.5. The van der Waals surface area contributed by atoms with Crippen LogP contribution in [0.3, 0.4) is 0 Å². The first-order chi connectivity index (χ1) is 9.87. The molecule has 2 amide bonds. The fourth-order valence-electron chi connectivity index (χ4n) is 2.51. The number of aromatic nitrogens is 2. The van der Waals surface area contributed by atoms with E-state index in [9.17, 15) is 9.59 Å². The van der Waals surface area contributed by atoms with Gasteiger partial charge in [-0.05, 0) is 33.6 Å². The highest BCUT2D eigenvalue weighted by Crippen LogP contribution is 2.19. The molecule has 116 valence electrons. The lowest BCUT2D eigenvalue weighted by Gasteiger charge is -2.39. The molecule has 1 aliphatic heterocycles. The van der Waals surface area contributed by atoms with Crippen molar-refractivity contribution < 1.29 is 14.1 Å². The van der Waals surface area contributed by atoms with Gasteiger partial charge in [-0.15, -0.1) is 0 Å². The highest BCUT2D eigenvalue weighted by Gasteiger charge is 2.36. The summed E-state index contributed by atoms with van der Waals surface area (Å²) in [7, 11) is 0. The molecule has 2 rings (SSSR count). The molecule has 0 aliphatic carbocycles. The Morgan fingerprint density at radius 1 is 1.52 bits per heavy atom. The van der Waals surface area contributed by atoms with Crippen molar-refractivity contribution in [3.05, 3.63) is 11.7 Å². The Hall–Kier alpha value is -1.92. The maximum Gasteiger partial charge on any atom is 0.226 e. The first kappa shape index (κ1) is 15.5. The van der Waals surface area contributed by atoms with Gasteiger partial charge in [0, 0.05) is 19.3 Å². The molecule has 2 N–H and O–H groups in total. The van der Waals surface area contributed by atoms with Crippen LogP contribution in [0.15, 0.2) is 4.52 Å². The summed E-state index contributed by atoms with van der Waals surface area (Å²) in [5, 5.41) is 9.62. The van der Waals surface area contributed by atoms with Gasteiger partial charge in [0.1, 0.15) is 0 Å². The molecule has 0 saturated carbocycles. The predicted molar refractivity (Wildman–Crippen MR) is 75.4 cm³/mol. The van der Waals surface area contributed by atoms with Crippen molar-refractivity contribution in [1.29, 1.82) is 0 Å². The van der Waals surface area contributed by atoms with E-state index in [2.05, 4.69) is 20.8 Å². The van der Waals surface area contributed by atoms with Crippen molar-refractivity contribution in [3.63, 3.8) is 0 Å². The molecule has 21 heavy (non-hydrogen) atoms. The summed E-state index contributed by atoms with van der Waals surface area (Å²) in [5.41, 5.74) is -0.408. The number of rotatable bonds is 5. The largest absolute Gasteiger partial charge is 0.351 e. The SMILES string of the molecule is Cc1noc(CCCC(=O)NC2CCC(=O)NC2(C)C)n1. The minimum absolute atomic E-state index is 0.0135. The lowest BCUT2D eigenvalue weighted by molar-refractivity contribution is -0.128. The third-order valence-corrected chi connectivity index (χ3v) is 3.69. The van der Waals surface area contributed by atoms with Gasteiger partial charge in [0.15, 0.2) is 5.82 Å². The van der Waals surface area contributed by atoms with Crippen LogP contribution in [0.1, 0.15) is 51.2 Å². The minimum atomic E-state index is -0.408. The molecule has 0 spiro atoms. The Morgan fingerprint density at radius 3 is 2.90 bits per heavy atom. The Morgan fingerprint density at radius 2 is 2.29 bits per heavy atom. The molecule has 7 heteroatoms. The molecule has 1 aromatic rings. The number of aryl methyl sites for hydroxylation is 2. The third kappa shape index (κ3) is 4.27. The average Bonchev–Trinajstić information content (AvgIpc) is 2.78. The van der Waals surface area contributed by atoms with Crippen molar-refractivity contribution in [2.24, 2.45) is 0 Å². The van der Waals surface area contributed by atoms with Crippen LogP contribution in [0.5, 0.6) is 0 Å². The maximum absolute atomic E-state index is 12.0. The monoisotopic (exact) mass is 294 g/mol. The smallest absolute Gasteiger partial charge is 0.226 e. The van der Waals surface area contributed by atoms with E-state index >= 15 is 0 Å². The van der Waals surface area contributed by atoms with E-state index in [1.54, 1.807) is 6.92 Å². The van der Waals surface area contributed by atoms with Crippen LogP contribution in [0, 0.1) is 6.92 Å². The number of nitrogens with zero attached hydrogens (tertiary/aromatic N) is 2. The lowest BCUT2D eigenvalue weighted by atomic mass is 9.86. The van der Waals surface area contributed by atoms with Crippen LogP contribution >= 0.6 is 0 Å². The number of hydrogen-bond acceptors (Lipinski definition) is 5. The van der Waals surface area contributed by atoms with Gasteiger partial charge in [-0.3, -0.25) is 9.59 Å². The van der Waals surface area contributed by atoms with Crippen molar-refractivity contribution >= 4 is 11.8 Å². The molecule has 1 unspecified atom stereocenters. The fraction of sp³-hybridized carbons (Fsp3) is 0.714. The van der Waals surface area contributed by atoms with Gasteiger partial charge in [-0.1, -0.05) is 5.16 Å². The Balaban J connectivity index is 1.75.